The van der Waals surface area contributed by atoms with Crippen LogP contribution < -0.4 is 5.32 Å². The van der Waals surface area contributed by atoms with Gasteiger partial charge in [0.05, 0.1) is 6.04 Å². The number of ether oxygens (including phenoxy) is 2. The number of β-lactam (4-membered cyclic amide) rings is 1. The van der Waals surface area contributed by atoms with Gasteiger partial charge >= 0.3 is 27.7 Å². The highest BCUT2D eigenvalue weighted by molar-refractivity contribution is 7.87. The van der Waals surface area contributed by atoms with Gasteiger partial charge in [-0.15, -0.1) is 0 Å². The number of nitrogens with one attached hydrogen (secondary N) is 1. The molecule has 1 fully saturated rings. The molecule has 2 heterocycles. The van der Waals surface area contributed by atoms with Crippen LogP contribution >= 0.6 is 0 Å². The Bertz CT molecular complexity index is 945. The van der Waals surface area contributed by atoms with Crippen LogP contribution in [0.15, 0.2) is 11.5 Å². The minimum absolute atomic E-state index is 0.0821. The third-order valence-electron chi connectivity index (χ3n) is 4.15. The summed E-state index contributed by atoms with van der Waals surface area (Å²) >= 11 is 0. The van der Waals surface area contributed by atoms with Crippen LogP contribution in [0.2, 0.25) is 0 Å². The Hall–Kier alpha value is -2.51. The quantitative estimate of drug-likeness (QED) is 0.278. The molecule has 1 N–H and O–H groups in total. The summed E-state index contributed by atoms with van der Waals surface area (Å²) in [6.07, 6.45) is -1.41. The lowest BCUT2D eigenvalue weighted by molar-refractivity contribution is -0.162. The monoisotopic (exact) mass is 486 g/mol. The van der Waals surface area contributed by atoms with Gasteiger partial charge in [-0.2, -0.15) is 21.6 Å². The van der Waals surface area contributed by atoms with Gasteiger partial charge < -0.3 is 19.0 Å². The molecular weight excluding hydrogens is 461 g/mol. The number of hydrogen-bond donors (Lipinski definition) is 1. The molecule has 0 spiro atoms. The number of alkyl halides is 3. The molecular formula is C18H25F3N2O8S. The molecule has 2 aliphatic heterocycles. The maximum absolute atomic E-state index is 12.8. The third-order valence-corrected chi connectivity index (χ3v) is 5.14. The number of alkyl carbamates (subject to hydrolysis) is 1. The second-order valence-corrected chi connectivity index (χ2v) is 10.7. The minimum atomic E-state index is -6.09. The summed E-state index contributed by atoms with van der Waals surface area (Å²) in [5.74, 6) is -2.96. The minimum Gasteiger partial charge on any atom is -0.455 e. The van der Waals surface area contributed by atoms with E-state index in [1.165, 1.54) is 20.8 Å². The van der Waals surface area contributed by atoms with Crippen LogP contribution in [-0.2, 0) is 33.4 Å². The van der Waals surface area contributed by atoms with Crippen molar-refractivity contribution in [2.24, 2.45) is 0 Å². The van der Waals surface area contributed by atoms with Crippen LogP contribution in [0.1, 0.15) is 54.4 Å². The number of fused-ring (bicyclic) bond motifs is 1. The van der Waals surface area contributed by atoms with Gasteiger partial charge in [-0.3, -0.25) is 9.69 Å². The summed E-state index contributed by atoms with van der Waals surface area (Å²) < 4.78 is 75.8. The highest BCUT2D eigenvalue weighted by atomic mass is 32.2. The van der Waals surface area contributed by atoms with Crippen LogP contribution in [0.3, 0.4) is 0 Å². The summed E-state index contributed by atoms with van der Waals surface area (Å²) in [5.41, 5.74) is -8.45. The Labute approximate surface area is 183 Å². The normalized spacial score (nSPS) is 22.0. The van der Waals surface area contributed by atoms with Gasteiger partial charge in [0.1, 0.15) is 17.2 Å². The molecule has 2 rings (SSSR count). The molecule has 0 saturated carbocycles. The number of carbonyl (C=O) groups excluding carboxylic acids is 3. The lowest BCUT2D eigenvalue weighted by Gasteiger charge is -2.49. The maximum Gasteiger partial charge on any atom is 0.534 e. The number of carbonyl (C=O) groups is 3. The predicted molar refractivity (Wildman–Crippen MR) is 102 cm³/mol. The van der Waals surface area contributed by atoms with Crippen LogP contribution in [0.25, 0.3) is 0 Å². The zero-order valence-electron chi connectivity index (χ0n) is 18.3. The molecule has 182 valence electrons. The van der Waals surface area contributed by atoms with E-state index in [1.54, 1.807) is 20.8 Å². The lowest BCUT2D eigenvalue weighted by Crippen LogP contribution is -2.72. The van der Waals surface area contributed by atoms with Gasteiger partial charge in [-0.1, -0.05) is 0 Å². The summed E-state index contributed by atoms with van der Waals surface area (Å²) in [6.45, 7) is 9.25. The van der Waals surface area contributed by atoms with Gasteiger partial charge in [0, 0.05) is 6.42 Å². The molecule has 32 heavy (non-hydrogen) atoms. The van der Waals surface area contributed by atoms with Crippen molar-refractivity contribution >= 4 is 28.1 Å². The fourth-order valence-corrected chi connectivity index (χ4v) is 3.56. The Balaban J connectivity index is 2.37. The third kappa shape index (κ3) is 5.64. The van der Waals surface area contributed by atoms with Crippen molar-refractivity contribution < 1.29 is 49.6 Å². The number of rotatable bonds is 4. The lowest BCUT2D eigenvalue weighted by atomic mass is 9.86. The van der Waals surface area contributed by atoms with Crippen molar-refractivity contribution in [1.82, 2.24) is 10.2 Å². The highest BCUT2D eigenvalue weighted by Gasteiger charge is 2.57. The van der Waals surface area contributed by atoms with Gasteiger partial charge in [0.25, 0.3) is 5.91 Å². The molecule has 1 saturated heterocycles. The van der Waals surface area contributed by atoms with Crippen molar-refractivity contribution in [2.75, 3.05) is 0 Å². The van der Waals surface area contributed by atoms with Crippen molar-refractivity contribution in [1.29, 1.82) is 0 Å². The summed E-state index contributed by atoms with van der Waals surface area (Å²) in [6, 6.07) is -1.96. The zero-order valence-corrected chi connectivity index (χ0v) is 19.1. The second kappa shape index (κ2) is 8.12. The maximum atomic E-state index is 12.8. The van der Waals surface area contributed by atoms with Crippen molar-refractivity contribution in [3.05, 3.63) is 11.5 Å². The molecule has 1 unspecified atom stereocenters. The second-order valence-electron chi connectivity index (χ2n) is 9.20. The highest BCUT2D eigenvalue weighted by Crippen LogP contribution is 2.40. The van der Waals surface area contributed by atoms with E-state index >= 15 is 0 Å². The first-order valence-electron chi connectivity index (χ1n) is 9.53. The number of hydrogen-bond acceptors (Lipinski definition) is 8. The summed E-state index contributed by atoms with van der Waals surface area (Å²) in [4.78, 5) is 38.1. The molecule has 0 aromatic rings. The van der Waals surface area contributed by atoms with E-state index in [0.717, 1.165) is 4.90 Å². The molecule has 0 bridgehead atoms. The van der Waals surface area contributed by atoms with E-state index in [2.05, 4.69) is 9.50 Å². The fraction of sp³-hybridized carbons (Fsp3) is 0.722. The summed E-state index contributed by atoms with van der Waals surface area (Å²) in [5, 5.41) is 2.35. The Kier molecular flexibility index (Phi) is 6.53. The molecule has 2 amide bonds. The van der Waals surface area contributed by atoms with Gasteiger partial charge in [-0.25, -0.2) is 9.59 Å². The van der Waals surface area contributed by atoms with Crippen LogP contribution in [-0.4, -0.2) is 60.1 Å². The van der Waals surface area contributed by atoms with Gasteiger partial charge in [-0.05, 0) is 48.0 Å². The van der Waals surface area contributed by atoms with E-state index in [-0.39, 0.29) is 6.42 Å². The Morgan fingerprint density at radius 2 is 1.56 bits per heavy atom. The average molecular weight is 486 g/mol. The Morgan fingerprint density at radius 3 is 2.03 bits per heavy atom. The number of esters is 1. The van der Waals surface area contributed by atoms with E-state index in [4.69, 9.17) is 9.47 Å². The SMILES string of the molecule is CC(C)(C)OC(=O)N[C@@H]1C(=O)N2C(C(=O)OC(C)(C)C)=C(OS(=O)(=O)C(F)(F)F)CCC12. The van der Waals surface area contributed by atoms with Crippen LogP contribution in [0.4, 0.5) is 18.0 Å². The molecule has 0 aromatic heterocycles. The smallest absolute Gasteiger partial charge is 0.455 e. The van der Waals surface area contributed by atoms with E-state index in [9.17, 15) is 36.0 Å². The molecule has 0 radical (unpaired) electrons. The molecule has 10 nitrogen and oxygen atoms in total. The first-order chi connectivity index (χ1) is 14.2. The van der Waals surface area contributed by atoms with Gasteiger partial charge in [0.2, 0.25) is 0 Å². The number of nitrogens with zero attached hydrogens (tertiary/aromatic N) is 1. The summed E-state index contributed by atoms with van der Waals surface area (Å²) in [7, 11) is -6.09. The van der Waals surface area contributed by atoms with Crippen molar-refractivity contribution in [2.45, 2.75) is 83.2 Å². The van der Waals surface area contributed by atoms with Crippen molar-refractivity contribution in [3.8, 4) is 0 Å². The van der Waals surface area contributed by atoms with Gasteiger partial charge in [0.15, 0.2) is 11.5 Å². The molecule has 14 heteroatoms. The van der Waals surface area contributed by atoms with Crippen LogP contribution in [0, 0.1) is 0 Å². The largest absolute Gasteiger partial charge is 0.534 e. The van der Waals surface area contributed by atoms with Crippen molar-refractivity contribution in [3.63, 3.8) is 0 Å². The topological polar surface area (TPSA) is 128 Å². The van der Waals surface area contributed by atoms with E-state index in [1.807, 2.05) is 0 Å². The molecule has 2 aliphatic rings. The van der Waals surface area contributed by atoms with E-state index in [0.29, 0.717) is 0 Å². The van der Waals surface area contributed by atoms with E-state index < -0.39 is 74.8 Å². The fourth-order valence-electron chi connectivity index (χ4n) is 3.04. The molecule has 2 atom stereocenters. The molecule has 0 aromatic carbocycles. The predicted octanol–water partition coefficient (Wildman–Crippen LogP) is 2.30. The number of halogens is 3. The first kappa shape index (κ1) is 25.7. The molecule has 0 aliphatic carbocycles. The first-order valence-corrected chi connectivity index (χ1v) is 10.9. The average Bonchev–Trinajstić information content (AvgIpc) is 2.54. The van der Waals surface area contributed by atoms with Crippen LogP contribution in [0.5, 0.6) is 0 Å². The number of amides is 2. The standard InChI is InChI=1S/C18H25F3N2O8S/c1-16(2,3)29-14(25)12-10(31-32(27,28)18(19,20)21)8-7-9-11(13(24)23(9)12)22-15(26)30-17(4,5)6/h9,11H,7-8H2,1-6H3,(H,22,26)/t9?,11-/m0/s1. The zero-order chi connectivity index (χ0) is 24.9. The Morgan fingerprint density at radius 1 is 1.03 bits per heavy atom. The number of allylic oxidation sites excluding steroid dienone is 1.